The van der Waals surface area contributed by atoms with Crippen LogP contribution in [0.3, 0.4) is 0 Å². The second-order valence-corrected chi connectivity index (χ2v) is 11.4. The third-order valence-corrected chi connectivity index (χ3v) is 8.85. The van der Waals surface area contributed by atoms with E-state index in [0.717, 1.165) is 44.3 Å². The summed E-state index contributed by atoms with van der Waals surface area (Å²) in [6, 6.07) is 12.1. The number of ether oxygens (including phenoxy) is 1. The Labute approximate surface area is 238 Å². The van der Waals surface area contributed by atoms with Crippen LogP contribution in [0.1, 0.15) is 42.1 Å². The highest BCUT2D eigenvalue weighted by Crippen LogP contribution is 2.33. The van der Waals surface area contributed by atoms with Gasteiger partial charge in [-0.2, -0.15) is 0 Å². The van der Waals surface area contributed by atoms with E-state index in [1.807, 2.05) is 23.1 Å². The van der Waals surface area contributed by atoms with Crippen LogP contribution in [0.25, 0.3) is 10.9 Å². The molecule has 0 unspecified atom stereocenters. The minimum Gasteiger partial charge on any atom is -0.466 e. The van der Waals surface area contributed by atoms with E-state index in [1.165, 1.54) is 19.1 Å². The zero-order valence-corrected chi connectivity index (χ0v) is 23.4. The molecule has 1 amide bonds. The molecule has 6 nitrogen and oxygen atoms in total. The maximum absolute atomic E-state index is 13.9. The molecule has 2 atom stereocenters. The molecule has 0 N–H and O–H groups in total. The molecule has 1 aromatic heterocycles. The molecule has 0 bridgehead atoms. The van der Waals surface area contributed by atoms with Crippen molar-refractivity contribution in [1.82, 2.24) is 14.8 Å². The molecule has 2 saturated heterocycles. The van der Waals surface area contributed by atoms with Gasteiger partial charge in [0.25, 0.3) is 5.91 Å². The predicted octanol–water partition coefficient (Wildman–Crippen LogP) is 6.03. The molecule has 2 aliphatic heterocycles. The lowest BCUT2D eigenvalue weighted by Crippen LogP contribution is -2.52. The quantitative estimate of drug-likeness (QED) is 0.338. The number of carbonyl (C=O) groups is 2. The van der Waals surface area contributed by atoms with Crippen LogP contribution in [-0.4, -0.2) is 65.5 Å². The van der Waals surface area contributed by atoms with Gasteiger partial charge in [-0.1, -0.05) is 29.3 Å². The first kappa shape index (κ1) is 27.8. The van der Waals surface area contributed by atoms with Crippen molar-refractivity contribution in [3.8, 4) is 0 Å². The maximum Gasteiger partial charge on any atom is 0.302 e. The van der Waals surface area contributed by atoms with Crippen LogP contribution >= 0.6 is 23.2 Å². The number of rotatable bonds is 6. The SMILES string of the molecule is CC(=O)OC[C@@H]1CN(C2CCN(C(=O)c3ccnc4ccc(F)cc34)CC2)CC[C@@H]1Cc1ccc(Cl)c(Cl)c1. The van der Waals surface area contributed by atoms with Crippen molar-refractivity contribution < 1.29 is 18.7 Å². The van der Waals surface area contributed by atoms with Gasteiger partial charge in [-0.3, -0.25) is 19.5 Å². The summed E-state index contributed by atoms with van der Waals surface area (Å²) in [6.07, 6.45) is 5.16. The number of nitrogens with zero attached hydrogens (tertiary/aromatic N) is 3. The largest absolute Gasteiger partial charge is 0.466 e. The van der Waals surface area contributed by atoms with Crippen LogP contribution in [0.5, 0.6) is 0 Å². The van der Waals surface area contributed by atoms with Gasteiger partial charge in [-0.05, 0) is 80.1 Å². The lowest BCUT2D eigenvalue weighted by molar-refractivity contribution is -0.143. The van der Waals surface area contributed by atoms with Crippen LogP contribution in [0.15, 0.2) is 48.7 Å². The number of esters is 1. The number of carbonyl (C=O) groups excluding carboxylic acids is 2. The zero-order valence-electron chi connectivity index (χ0n) is 21.9. The average Bonchev–Trinajstić information content (AvgIpc) is 2.94. The second kappa shape index (κ2) is 12.2. The van der Waals surface area contributed by atoms with Crippen LogP contribution in [0.4, 0.5) is 4.39 Å². The van der Waals surface area contributed by atoms with Gasteiger partial charge in [0.1, 0.15) is 5.82 Å². The number of hydrogen-bond donors (Lipinski definition) is 0. The summed E-state index contributed by atoms with van der Waals surface area (Å²) in [5, 5.41) is 1.64. The Morgan fingerprint density at radius 2 is 1.79 bits per heavy atom. The number of pyridine rings is 1. The lowest BCUT2D eigenvalue weighted by Gasteiger charge is -2.45. The molecule has 3 aromatic rings. The first-order valence-electron chi connectivity index (χ1n) is 13.4. The van der Waals surface area contributed by atoms with E-state index < -0.39 is 0 Å². The number of likely N-dealkylation sites (tertiary alicyclic amines) is 2. The fourth-order valence-corrected chi connectivity index (χ4v) is 6.32. The summed E-state index contributed by atoms with van der Waals surface area (Å²) >= 11 is 12.3. The molecule has 0 aliphatic carbocycles. The number of benzene rings is 2. The maximum atomic E-state index is 13.9. The number of amides is 1. The molecule has 206 valence electrons. The van der Waals surface area contributed by atoms with E-state index in [9.17, 15) is 14.0 Å². The second-order valence-electron chi connectivity index (χ2n) is 10.6. The van der Waals surface area contributed by atoms with Crippen LogP contribution in [0, 0.1) is 17.7 Å². The average molecular weight is 573 g/mol. The van der Waals surface area contributed by atoms with Crippen molar-refractivity contribution in [3.05, 3.63) is 75.7 Å². The molecule has 39 heavy (non-hydrogen) atoms. The number of aromatic nitrogens is 1. The standard InChI is InChI=1S/C30H32Cl2FN3O3/c1-19(37)39-18-22-17-36(11-7-21(22)14-20-2-4-27(31)28(32)15-20)24-8-12-35(13-9-24)30(38)25-6-10-34-29-5-3-23(33)16-26(25)29/h2-6,10,15-16,21-22,24H,7-9,11-14,17-18H2,1H3/t21-,22+/m1/s1. The third-order valence-electron chi connectivity index (χ3n) is 8.11. The van der Waals surface area contributed by atoms with E-state index in [-0.39, 0.29) is 23.6 Å². The Hall–Kier alpha value is -2.74. The predicted molar refractivity (Wildman–Crippen MR) is 151 cm³/mol. The fourth-order valence-electron chi connectivity index (χ4n) is 6.00. The minimum absolute atomic E-state index is 0.0838. The Morgan fingerprint density at radius 1 is 1.00 bits per heavy atom. The van der Waals surface area contributed by atoms with Crippen LogP contribution < -0.4 is 0 Å². The molecule has 3 heterocycles. The number of halogens is 3. The van der Waals surface area contributed by atoms with Gasteiger partial charge in [0.15, 0.2) is 0 Å². The summed E-state index contributed by atoms with van der Waals surface area (Å²) in [5.41, 5.74) is 2.23. The monoisotopic (exact) mass is 571 g/mol. The van der Waals surface area contributed by atoms with Gasteiger partial charge in [0.2, 0.25) is 0 Å². The highest BCUT2D eigenvalue weighted by atomic mass is 35.5. The summed E-state index contributed by atoms with van der Waals surface area (Å²) in [4.78, 5) is 33.6. The molecule has 2 aliphatic rings. The molecule has 5 rings (SSSR count). The molecule has 9 heteroatoms. The normalized spacial score (nSPS) is 20.8. The van der Waals surface area contributed by atoms with E-state index in [2.05, 4.69) is 9.88 Å². The minimum atomic E-state index is -0.380. The highest BCUT2D eigenvalue weighted by molar-refractivity contribution is 6.42. The zero-order chi connectivity index (χ0) is 27.5. The van der Waals surface area contributed by atoms with Crippen molar-refractivity contribution in [2.75, 3.05) is 32.8 Å². The van der Waals surface area contributed by atoms with Gasteiger partial charge in [-0.15, -0.1) is 0 Å². The fraction of sp³-hybridized carbons (Fsp3) is 0.433. The Bertz CT molecular complexity index is 1360. The number of piperidine rings is 2. The van der Waals surface area contributed by atoms with Gasteiger partial charge in [0.05, 0.1) is 27.7 Å². The molecule has 0 radical (unpaired) electrons. The van der Waals surface area contributed by atoms with Crippen molar-refractivity contribution in [3.63, 3.8) is 0 Å². The first-order chi connectivity index (χ1) is 18.8. The van der Waals surface area contributed by atoms with Crippen LogP contribution in [0.2, 0.25) is 10.0 Å². The van der Waals surface area contributed by atoms with Gasteiger partial charge >= 0.3 is 5.97 Å². The topological polar surface area (TPSA) is 62.7 Å². The molecule has 0 spiro atoms. The van der Waals surface area contributed by atoms with E-state index in [1.54, 1.807) is 18.3 Å². The van der Waals surface area contributed by atoms with E-state index >= 15 is 0 Å². The van der Waals surface area contributed by atoms with E-state index in [4.69, 9.17) is 27.9 Å². The smallest absolute Gasteiger partial charge is 0.302 e. The van der Waals surface area contributed by atoms with E-state index in [0.29, 0.717) is 58.2 Å². The third kappa shape index (κ3) is 6.53. The highest BCUT2D eigenvalue weighted by Gasteiger charge is 2.35. The molecule has 2 fully saturated rings. The summed E-state index contributed by atoms with van der Waals surface area (Å²) < 4.78 is 19.4. The molecular formula is C30H32Cl2FN3O3. The van der Waals surface area contributed by atoms with Gasteiger partial charge < -0.3 is 9.64 Å². The molecule has 0 saturated carbocycles. The lowest BCUT2D eigenvalue weighted by atomic mass is 9.80. The Morgan fingerprint density at radius 3 is 2.54 bits per heavy atom. The molecular weight excluding hydrogens is 540 g/mol. The van der Waals surface area contributed by atoms with Crippen molar-refractivity contribution in [2.24, 2.45) is 11.8 Å². The number of fused-ring (bicyclic) bond motifs is 1. The Kier molecular flexibility index (Phi) is 8.70. The summed E-state index contributed by atoms with van der Waals surface area (Å²) in [5.74, 6) is -0.167. The molecule has 2 aromatic carbocycles. The van der Waals surface area contributed by atoms with Gasteiger partial charge in [0, 0.05) is 50.1 Å². The summed E-state index contributed by atoms with van der Waals surface area (Å²) in [7, 11) is 0. The number of hydrogen-bond acceptors (Lipinski definition) is 5. The summed E-state index contributed by atoms with van der Waals surface area (Å²) in [6.45, 7) is 4.91. The van der Waals surface area contributed by atoms with Gasteiger partial charge in [-0.25, -0.2) is 4.39 Å². The van der Waals surface area contributed by atoms with Crippen molar-refractivity contribution in [2.45, 2.75) is 38.6 Å². The first-order valence-corrected chi connectivity index (χ1v) is 14.2. The van der Waals surface area contributed by atoms with Crippen LogP contribution in [-0.2, 0) is 16.0 Å². The van der Waals surface area contributed by atoms with Crippen molar-refractivity contribution in [1.29, 1.82) is 0 Å². The van der Waals surface area contributed by atoms with Crippen molar-refractivity contribution >= 4 is 46.0 Å². The Balaban J connectivity index is 1.22.